The van der Waals surface area contributed by atoms with Crippen molar-refractivity contribution >= 4 is 11.9 Å². The molecule has 0 aliphatic heterocycles. The maximum Gasteiger partial charge on any atom is 0.307 e. The largest absolute Gasteiger partial charge is 0.469 e. The van der Waals surface area contributed by atoms with Gasteiger partial charge in [-0.25, -0.2) is 0 Å². The Morgan fingerprint density at radius 3 is 2.36 bits per heavy atom. The van der Waals surface area contributed by atoms with E-state index in [4.69, 9.17) is 4.74 Å². The van der Waals surface area contributed by atoms with Gasteiger partial charge in [-0.1, -0.05) is 47.0 Å². The van der Waals surface area contributed by atoms with E-state index in [-0.39, 0.29) is 30.3 Å². The van der Waals surface area contributed by atoms with E-state index in [0.717, 1.165) is 32.1 Å². The van der Waals surface area contributed by atoms with Crippen LogP contribution in [0, 0.1) is 5.41 Å². The Morgan fingerprint density at radius 2 is 1.82 bits per heavy atom. The minimum atomic E-state index is -0.484. The van der Waals surface area contributed by atoms with Crippen molar-refractivity contribution in [1.29, 1.82) is 0 Å². The molecule has 0 fully saturated rings. The lowest BCUT2D eigenvalue weighted by molar-refractivity contribution is -0.142. The highest BCUT2D eigenvalue weighted by Gasteiger charge is 2.35. The van der Waals surface area contributed by atoms with Crippen molar-refractivity contribution in [2.75, 3.05) is 20.3 Å². The molecule has 1 atom stereocenters. The summed E-state index contributed by atoms with van der Waals surface area (Å²) in [7, 11) is 1.34. The first-order chi connectivity index (χ1) is 10.4. The molecule has 0 saturated carbocycles. The summed E-state index contributed by atoms with van der Waals surface area (Å²) in [5.41, 5.74) is -0.226. The van der Waals surface area contributed by atoms with Crippen LogP contribution in [0.25, 0.3) is 0 Å². The molecule has 22 heavy (non-hydrogen) atoms. The standard InChI is InChI=1S/C17H33NO4/c1-6-8-9-13-22-15(17(3,4)11-7-2)16(20)18-12-10-14(19)21-5/h15H,6-13H2,1-5H3,(H,18,20). The molecule has 1 amide bonds. The topological polar surface area (TPSA) is 64.6 Å². The fourth-order valence-corrected chi connectivity index (χ4v) is 2.47. The first-order valence-electron chi connectivity index (χ1n) is 8.35. The molecule has 1 N–H and O–H groups in total. The van der Waals surface area contributed by atoms with Gasteiger partial charge in [0.15, 0.2) is 0 Å². The molecule has 0 heterocycles. The molecular formula is C17H33NO4. The van der Waals surface area contributed by atoms with Crippen LogP contribution in [-0.2, 0) is 19.1 Å². The Kier molecular flexibility index (Phi) is 10.9. The molecule has 130 valence electrons. The third-order valence-electron chi connectivity index (χ3n) is 3.73. The van der Waals surface area contributed by atoms with E-state index in [1.807, 2.05) is 0 Å². The molecular weight excluding hydrogens is 282 g/mol. The van der Waals surface area contributed by atoms with Crippen LogP contribution in [-0.4, -0.2) is 38.2 Å². The number of amides is 1. The molecule has 0 spiro atoms. The summed E-state index contributed by atoms with van der Waals surface area (Å²) in [6, 6.07) is 0. The van der Waals surface area contributed by atoms with Gasteiger partial charge in [-0.3, -0.25) is 9.59 Å². The van der Waals surface area contributed by atoms with E-state index in [2.05, 4.69) is 37.7 Å². The average molecular weight is 315 g/mol. The SMILES string of the molecule is CCCCCOC(C(=O)NCCC(=O)OC)C(C)(C)CCC. The highest BCUT2D eigenvalue weighted by Crippen LogP contribution is 2.29. The number of hydrogen-bond acceptors (Lipinski definition) is 4. The van der Waals surface area contributed by atoms with Crippen LogP contribution in [0.3, 0.4) is 0 Å². The second-order valence-corrected chi connectivity index (χ2v) is 6.31. The van der Waals surface area contributed by atoms with Crippen molar-refractivity contribution in [3.63, 3.8) is 0 Å². The third-order valence-corrected chi connectivity index (χ3v) is 3.73. The van der Waals surface area contributed by atoms with Crippen molar-refractivity contribution in [3.8, 4) is 0 Å². The van der Waals surface area contributed by atoms with Gasteiger partial charge in [-0.15, -0.1) is 0 Å². The van der Waals surface area contributed by atoms with Crippen molar-refractivity contribution in [1.82, 2.24) is 5.32 Å². The van der Waals surface area contributed by atoms with E-state index in [1.165, 1.54) is 7.11 Å². The number of rotatable bonds is 12. The number of unbranched alkanes of at least 4 members (excludes halogenated alkanes) is 2. The Balaban J connectivity index is 4.54. The molecule has 0 aromatic rings. The molecule has 5 nitrogen and oxygen atoms in total. The van der Waals surface area contributed by atoms with E-state index >= 15 is 0 Å². The van der Waals surface area contributed by atoms with Gasteiger partial charge in [-0.05, 0) is 12.8 Å². The average Bonchev–Trinajstić information content (AvgIpc) is 2.46. The summed E-state index contributed by atoms with van der Waals surface area (Å²) in [6.07, 6.45) is 4.79. The van der Waals surface area contributed by atoms with Gasteiger partial charge in [0.2, 0.25) is 5.91 Å². The number of nitrogens with one attached hydrogen (secondary N) is 1. The fraction of sp³-hybridized carbons (Fsp3) is 0.882. The van der Waals surface area contributed by atoms with Crippen LogP contribution in [0.4, 0.5) is 0 Å². The minimum absolute atomic E-state index is 0.140. The van der Waals surface area contributed by atoms with Gasteiger partial charge in [0.25, 0.3) is 0 Å². The van der Waals surface area contributed by atoms with Gasteiger partial charge in [0.05, 0.1) is 13.5 Å². The fourth-order valence-electron chi connectivity index (χ4n) is 2.47. The molecule has 0 saturated heterocycles. The lowest BCUT2D eigenvalue weighted by Gasteiger charge is -2.33. The van der Waals surface area contributed by atoms with Crippen LogP contribution in [0.2, 0.25) is 0 Å². The van der Waals surface area contributed by atoms with Gasteiger partial charge in [0.1, 0.15) is 6.10 Å². The first kappa shape index (κ1) is 20.9. The lowest BCUT2D eigenvalue weighted by atomic mass is 9.81. The monoisotopic (exact) mass is 315 g/mol. The van der Waals surface area contributed by atoms with Crippen LogP contribution >= 0.6 is 0 Å². The molecule has 0 bridgehead atoms. The van der Waals surface area contributed by atoms with Crippen molar-refractivity contribution in [2.45, 2.75) is 72.3 Å². The Hall–Kier alpha value is -1.10. The maximum absolute atomic E-state index is 12.4. The molecule has 5 heteroatoms. The normalized spacial score (nSPS) is 12.8. The molecule has 0 aromatic heterocycles. The summed E-state index contributed by atoms with van der Waals surface area (Å²) >= 11 is 0. The number of hydrogen-bond donors (Lipinski definition) is 1. The molecule has 0 aromatic carbocycles. The number of esters is 1. The van der Waals surface area contributed by atoms with Gasteiger partial charge in [0, 0.05) is 18.6 Å². The smallest absolute Gasteiger partial charge is 0.307 e. The van der Waals surface area contributed by atoms with Crippen LogP contribution in [0.5, 0.6) is 0 Å². The summed E-state index contributed by atoms with van der Waals surface area (Å²) in [5, 5.41) is 2.79. The highest BCUT2D eigenvalue weighted by molar-refractivity contribution is 5.82. The number of carbonyl (C=O) groups is 2. The molecule has 0 aliphatic rings. The predicted octanol–water partition coefficient (Wildman–Crippen LogP) is 3.07. The summed E-state index contributed by atoms with van der Waals surface area (Å²) in [4.78, 5) is 23.5. The van der Waals surface area contributed by atoms with E-state index in [0.29, 0.717) is 6.61 Å². The first-order valence-corrected chi connectivity index (χ1v) is 8.35. The van der Waals surface area contributed by atoms with Gasteiger partial charge < -0.3 is 14.8 Å². The van der Waals surface area contributed by atoms with E-state index in [1.54, 1.807) is 0 Å². The number of carbonyl (C=O) groups excluding carboxylic acids is 2. The van der Waals surface area contributed by atoms with Crippen LogP contribution in [0.1, 0.15) is 66.2 Å². The van der Waals surface area contributed by atoms with E-state index in [9.17, 15) is 9.59 Å². The maximum atomic E-state index is 12.4. The number of methoxy groups -OCH3 is 1. The predicted molar refractivity (Wildman–Crippen MR) is 87.6 cm³/mol. The van der Waals surface area contributed by atoms with Crippen molar-refractivity contribution in [2.24, 2.45) is 5.41 Å². The van der Waals surface area contributed by atoms with E-state index < -0.39 is 6.10 Å². The minimum Gasteiger partial charge on any atom is -0.469 e. The zero-order valence-corrected chi connectivity index (χ0v) is 14.9. The van der Waals surface area contributed by atoms with Gasteiger partial charge in [-0.2, -0.15) is 0 Å². The van der Waals surface area contributed by atoms with Crippen molar-refractivity contribution in [3.05, 3.63) is 0 Å². The summed E-state index contributed by atoms with van der Waals surface area (Å²) < 4.78 is 10.4. The molecule has 1 unspecified atom stereocenters. The zero-order valence-electron chi connectivity index (χ0n) is 14.9. The highest BCUT2D eigenvalue weighted by atomic mass is 16.5. The third kappa shape index (κ3) is 8.37. The lowest BCUT2D eigenvalue weighted by Crippen LogP contribution is -2.46. The van der Waals surface area contributed by atoms with Gasteiger partial charge >= 0.3 is 5.97 Å². The quantitative estimate of drug-likeness (QED) is 0.444. The number of ether oxygens (including phenoxy) is 2. The Morgan fingerprint density at radius 1 is 1.14 bits per heavy atom. The Labute approximate surface area is 135 Å². The van der Waals surface area contributed by atoms with Crippen molar-refractivity contribution < 1.29 is 19.1 Å². The zero-order chi connectivity index (χ0) is 17.0. The second kappa shape index (κ2) is 11.5. The molecule has 0 aliphatic carbocycles. The molecule has 0 radical (unpaired) electrons. The van der Waals surface area contributed by atoms with Crippen LogP contribution in [0.15, 0.2) is 0 Å². The Bertz CT molecular complexity index is 329. The second-order valence-electron chi connectivity index (χ2n) is 6.31. The molecule has 0 rings (SSSR count). The summed E-state index contributed by atoms with van der Waals surface area (Å²) in [6.45, 7) is 9.23. The summed E-state index contributed by atoms with van der Waals surface area (Å²) in [5.74, 6) is -0.465. The van der Waals surface area contributed by atoms with Crippen LogP contribution < -0.4 is 5.32 Å².